The molecule has 31 heavy (non-hydrogen) atoms. The Balaban J connectivity index is 0. The van der Waals surface area contributed by atoms with Crippen molar-refractivity contribution >= 4 is 11.3 Å². The number of hydrogen-bond donors (Lipinski definition) is 0. The largest absolute Gasteiger partial charge is 1.00 e. The summed E-state index contributed by atoms with van der Waals surface area (Å²) < 4.78 is 2.26. The quantitative estimate of drug-likeness (QED) is 0.215. The number of unbranched alkanes of at least 4 members (excludes halogenated alkanes) is 10. The second-order valence-electron chi connectivity index (χ2n) is 10.5. The van der Waals surface area contributed by atoms with Crippen LogP contribution in [-0.4, -0.2) is 50.2 Å². The van der Waals surface area contributed by atoms with Gasteiger partial charge in [-0.2, -0.15) is 0 Å². The summed E-state index contributed by atoms with van der Waals surface area (Å²) in [5, 5.41) is 0. The third-order valence-corrected chi connectivity index (χ3v) is 7.17. The number of nitrogens with zero attached hydrogens (tertiary/aromatic N) is 2. The molecule has 0 radical (unpaired) electrons. The zero-order valence-electron chi connectivity index (χ0n) is 21.5. The SMILES string of the molecule is CCCCCCCC[N+](C)(C)Cc1ccc(C[N+](C)(C)CCCCCCCC)s1.[Cl-].[Cl-]. The van der Waals surface area contributed by atoms with Crippen molar-refractivity contribution in [3.63, 3.8) is 0 Å². The molecule has 0 bridgehead atoms. The first kappa shape index (κ1) is 33.4. The molecular weight excluding hydrogens is 443 g/mol. The van der Waals surface area contributed by atoms with Crippen molar-refractivity contribution in [2.24, 2.45) is 0 Å². The van der Waals surface area contributed by atoms with Crippen LogP contribution in [0, 0.1) is 0 Å². The lowest BCUT2D eigenvalue weighted by Crippen LogP contribution is -3.00. The number of quaternary nitrogens is 2. The third kappa shape index (κ3) is 17.4. The zero-order valence-corrected chi connectivity index (χ0v) is 23.9. The third-order valence-electron chi connectivity index (χ3n) is 6.12. The predicted octanol–water partition coefficient (Wildman–Crippen LogP) is 1.63. The summed E-state index contributed by atoms with van der Waals surface area (Å²) in [4.78, 5) is 3.13. The molecule has 0 fully saturated rings. The van der Waals surface area contributed by atoms with Gasteiger partial charge in [0.05, 0.1) is 51.0 Å². The summed E-state index contributed by atoms with van der Waals surface area (Å²) in [6.07, 6.45) is 16.7. The standard InChI is InChI=1S/C26H52N2S.2ClH/c1-7-9-11-13-15-17-21-27(3,4)23-25-19-20-26(29-25)24-28(5,6)22-18-16-14-12-10-8-2;;/h19-20H,7-18,21-24H2,1-6H3;2*1H/q+2;;/p-2. The molecule has 1 heterocycles. The smallest absolute Gasteiger partial charge is 0.113 e. The van der Waals surface area contributed by atoms with E-state index in [1.807, 2.05) is 0 Å². The van der Waals surface area contributed by atoms with Gasteiger partial charge in [-0.1, -0.05) is 65.2 Å². The second-order valence-corrected chi connectivity index (χ2v) is 11.8. The van der Waals surface area contributed by atoms with E-state index in [1.54, 1.807) is 9.75 Å². The molecule has 0 aliphatic heterocycles. The molecule has 0 aliphatic rings. The summed E-state index contributed by atoms with van der Waals surface area (Å²) >= 11 is 2.06. The highest BCUT2D eigenvalue weighted by Gasteiger charge is 2.20. The fourth-order valence-electron chi connectivity index (χ4n) is 4.23. The van der Waals surface area contributed by atoms with Crippen molar-refractivity contribution in [3.8, 4) is 0 Å². The van der Waals surface area contributed by atoms with Gasteiger partial charge in [0.1, 0.15) is 13.1 Å². The van der Waals surface area contributed by atoms with Crippen molar-refractivity contribution in [1.82, 2.24) is 0 Å². The molecule has 0 spiro atoms. The Morgan fingerprint density at radius 2 is 0.871 bits per heavy atom. The highest BCUT2D eigenvalue weighted by Crippen LogP contribution is 2.24. The van der Waals surface area contributed by atoms with Gasteiger partial charge in [-0.3, -0.25) is 0 Å². The molecule has 0 aliphatic carbocycles. The monoisotopic (exact) mass is 494 g/mol. The first-order chi connectivity index (χ1) is 13.8. The maximum absolute atomic E-state index is 2.41. The number of thiophene rings is 1. The van der Waals surface area contributed by atoms with E-state index in [0.717, 1.165) is 8.97 Å². The molecule has 1 aromatic heterocycles. The Hall–Kier alpha value is 0.200. The van der Waals surface area contributed by atoms with Gasteiger partial charge in [0.2, 0.25) is 0 Å². The van der Waals surface area contributed by atoms with Crippen LogP contribution in [0.2, 0.25) is 0 Å². The number of rotatable bonds is 18. The molecule has 0 amide bonds. The van der Waals surface area contributed by atoms with E-state index in [9.17, 15) is 0 Å². The van der Waals surface area contributed by atoms with Gasteiger partial charge < -0.3 is 33.8 Å². The maximum atomic E-state index is 2.41. The minimum absolute atomic E-state index is 0. The van der Waals surface area contributed by atoms with Crippen LogP contribution < -0.4 is 24.8 Å². The molecule has 2 nitrogen and oxygen atoms in total. The van der Waals surface area contributed by atoms with E-state index >= 15 is 0 Å². The molecule has 1 aromatic rings. The van der Waals surface area contributed by atoms with Crippen LogP contribution in [0.25, 0.3) is 0 Å². The van der Waals surface area contributed by atoms with Crippen molar-refractivity contribution < 1.29 is 33.8 Å². The summed E-state index contributed by atoms with van der Waals surface area (Å²) in [6, 6.07) is 4.79. The molecule has 0 unspecified atom stereocenters. The Labute approximate surface area is 211 Å². The lowest BCUT2D eigenvalue weighted by Gasteiger charge is -2.30. The maximum Gasteiger partial charge on any atom is 0.113 e. The minimum Gasteiger partial charge on any atom is -1.00 e. The number of hydrogen-bond acceptors (Lipinski definition) is 1. The predicted molar refractivity (Wildman–Crippen MR) is 132 cm³/mol. The van der Waals surface area contributed by atoms with Crippen LogP contribution in [0.3, 0.4) is 0 Å². The lowest BCUT2D eigenvalue weighted by atomic mass is 10.1. The molecule has 0 saturated carbocycles. The van der Waals surface area contributed by atoms with Crippen molar-refractivity contribution in [1.29, 1.82) is 0 Å². The molecular formula is C26H52Cl2N2S. The summed E-state index contributed by atoms with van der Waals surface area (Å²) in [5.41, 5.74) is 0. The highest BCUT2D eigenvalue weighted by molar-refractivity contribution is 7.11. The lowest BCUT2D eigenvalue weighted by molar-refractivity contribution is -0.903. The highest BCUT2D eigenvalue weighted by atomic mass is 35.5. The van der Waals surface area contributed by atoms with Gasteiger partial charge in [-0.15, -0.1) is 11.3 Å². The molecule has 0 atom stereocenters. The van der Waals surface area contributed by atoms with Crippen LogP contribution in [-0.2, 0) is 13.1 Å². The zero-order chi connectivity index (χ0) is 21.6. The molecule has 5 heteroatoms. The van der Waals surface area contributed by atoms with Gasteiger partial charge in [0, 0.05) is 0 Å². The fourth-order valence-corrected chi connectivity index (χ4v) is 5.67. The van der Waals surface area contributed by atoms with Crippen LogP contribution in [0.5, 0.6) is 0 Å². The molecule has 1 rings (SSSR count). The van der Waals surface area contributed by atoms with Crippen LogP contribution in [0.4, 0.5) is 0 Å². The van der Waals surface area contributed by atoms with Crippen molar-refractivity contribution in [2.75, 3.05) is 41.3 Å². The molecule has 0 saturated heterocycles. The van der Waals surface area contributed by atoms with Gasteiger partial charge in [-0.25, -0.2) is 0 Å². The van der Waals surface area contributed by atoms with Crippen LogP contribution in [0.15, 0.2) is 12.1 Å². The molecule has 0 aromatic carbocycles. The Kier molecular flexibility index (Phi) is 20.0. The Morgan fingerprint density at radius 3 is 1.23 bits per heavy atom. The normalized spacial score (nSPS) is 11.8. The van der Waals surface area contributed by atoms with Crippen molar-refractivity contribution in [3.05, 3.63) is 21.9 Å². The molecule has 186 valence electrons. The first-order valence-corrected chi connectivity index (χ1v) is 13.3. The van der Waals surface area contributed by atoms with Crippen molar-refractivity contribution in [2.45, 2.75) is 104 Å². The van der Waals surface area contributed by atoms with E-state index in [1.165, 1.54) is 103 Å². The van der Waals surface area contributed by atoms with Gasteiger partial charge in [0.15, 0.2) is 0 Å². The van der Waals surface area contributed by atoms with E-state index in [-0.39, 0.29) is 24.8 Å². The summed E-state index contributed by atoms with van der Waals surface area (Å²) in [6.45, 7) is 9.57. The van der Waals surface area contributed by atoms with Gasteiger partial charge >= 0.3 is 0 Å². The summed E-state index contributed by atoms with van der Waals surface area (Å²) in [7, 11) is 9.63. The van der Waals surface area contributed by atoms with E-state index < -0.39 is 0 Å². The summed E-state index contributed by atoms with van der Waals surface area (Å²) in [5.74, 6) is 0. The van der Waals surface area contributed by atoms with Crippen LogP contribution >= 0.6 is 11.3 Å². The molecule has 0 N–H and O–H groups in total. The first-order valence-electron chi connectivity index (χ1n) is 12.5. The van der Waals surface area contributed by atoms with E-state index in [0.29, 0.717) is 0 Å². The topological polar surface area (TPSA) is 0 Å². The second kappa shape index (κ2) is 18.6. The van der Waals surface area contributed by atoms with E-state index in [2.05, 4.69) is 65.5 Å². The fraction of sp³-hybridized carbons (Fsp3) is 0.846. The van der Waals surface area contributed by atoms with Gasteiger partial charge in [-0.05, 0) is 37.8 Å². The Bertz CT molecular complexity index is 485. The average molecular weight is 496 g/mol. The average Bonchev–Trinajstić information content (AvgIpc) is 3.06. The van der Waals surface area contributed by atoms with Crippen LogP contribution in [0.1, 0.15) is 101 Å². The Morgan fingerprint density at radius 1 is 0.548 bits per heavy atom. The minimum atomic E-state index is 0. The van der Waals surface area contributed by atoms with E-state index in [4.69, 9.17) is 0 Å². The van der Waals surface area contributed by atoms with Gasteiger partial charge in [0.25, 0.3) is 0 Å². The number of halogens is 2.